The fraction of sp³-hybridized carbons (Fsp3) is 1.00. The van der Waals surface area contributed by atoms with Crippen LogP contribution in [0.2, 0.25) is 0 Å². The average molecular weight is 664 g/mol. The second kappa shape index (κ2) is 11.6. The molecule has 47 heavy (non-hydrogen) atoms. The number of hydrogen-bond acceptors (Lipinski definition) is 7. The number of alkyl halides is 1. The van der Waals surface area contributed by atoms with E-state index in [-0.39, 0.29) is 59.0 Å². The van der Waals surface area contributed by atoms with Gasteiger partial charge in [-0.2, -0.15) is 0 Å². The van der Waals surface area contributed by atoms with Crippen molar-refractivity contribution in [2.75, 3.05) is 33.0 Å². The lowest BCUT2D eigenvalue weighted by Gasteiger charge is -2.64. The third-order valence-corrected chi connectivity index (χ3v) is 16.4. The molecule has 0 radical (unpaired) electrons. The molecule has 7 fully saturated rings. The summed E-state index contributed by atoms with van der Waals surface area (Å²) in [6, 6.07) is -0.103. The Balaban J connectivity index is 1.12. The van der Waals surface area contributed by atoms with Crippen molar-refractivity contribution in [2.45, 2.75) is 162 Å². The van der Waals surface area contributed by atoms with Crippen LogP contribution in [0.4, 0.5) is 4.39 Å². The van der Waals surface area contributed by atoms with E-state index < -0.39 is 17.8 Å². The van der Waals surface area contributed by atoms with Crippen LogP contribution in [0.5, 0.6) is 0 Å². The molecule has 7 rings (SSSR count). The second-order valence-electron chi connectivity index (χ2n) is 19.0. The Morgan fingerprint density at radius 1 is 1.04 bits per heavy atom. The number of hydrogen-bond donors (Lipinski definition) is 2. The van der Waals surface area contributed by atoms with Crippen LogP contribution in [0.25, 0.3) is 0 Å². The van der Waals surface area contributed by atoms with Gasteiger partial charge in [0, 0.05) is 31.2 Å². The van der Waals surface area contributed by atoms with Crippen LogP contribution in [0, 0.1) is 50.7 Å². The molecule has 270 valence electrons. The normalized spacial score (nSPS) is 52.0. The lowest BCUT2D eigenvalue weighted by molar-refractivity contribution is -0.251. The molecule has 0 aromatic heterocycles. The van der Waals surface area contributed by atoms with E-state index in [1.54, 1.807) is 0 Å². The summed E-state index contributed by atoms with van der Waals surface area (Å²) < 4.78 is 39.5. The molecule has 7 aliphatic rings. The lowest BCUT2D eigenvalue weighted by atomic mass is 9.41. The first-order chi connectivity index (χ1) is 22.0. The van der Waals surface area contributed by atoms with Crippen molar-refractivity contribution in [1.82, 2.24) is 4.90 Å². The number of rotatable bonds is 8. The Hall–Kier alpha value is -0.350. The van der Waals surface area contributed by atoms with Crippen molar-refractivity contribution in [2.24, 2.45) is 50.7 Å². The van der Waals surface area contributed by atoms with E-state index in [2.05, 4.69) is 39.5 Å². The van der Waals surface area contributed by atoms with Crippen LogP contribution in [-0.4, -0.2) is 96.5 Å². The summed E-state index contributed by atoms with van der Waals surface area (Å²) in [5.74, 6) is 1.73. The predicted molar refractivity (Wildman–Crippen MR) is 179 cm³/mol. The van der Waals surface area contributed by atoms with E-state index in [0.29, 0.717) is 48.8 Å². The maximum absolute atomic E-state index is 13.5. The minimum absolute atomic E-state index is 0.000613. The molecule has 2 N–H and O–H groups in total. The SMILES string of the molecule is CCO[C@@H]([C@H]1C[C@@H](C)C2[C@H](O1)[C@H](O)[C@@]1(C)[C@@H]3CCC4C(C)(C)[C@@H](O[C@H]5CN([C@@H](C)CF)CCO5)CC[C@@]45C[C@@]35CC[C@]21C)C(C)(C)O. The monoisotopic (exact) mass is 663 g/mol. The van der Waals surface area contributed by atoms with E-state index in [4.69, 9.17) is 18.9 Å². The first-order valence-corrected chi connectivity index (χ1v) is 19.3. The van der Waals surface area contributed by atoms with Gasteiger partial charge >= 0.3 is 0 Å². The summed E-state index contributed by atoms with van der Waals surface area (Å²) in [5, 5.41) is 23.6. The van der Waals surface area contributed by atoms with Gasteiger partial charge in [-0.3, -0.25) is 4.90 Å². The number of aliphatic hydroxyl groups excluding tert-OH is 1. The molecule has 2 unspecified atom stereocenters. The van der Waals surface area contributed by atoms with Gasteiger partial charge in [-0.1, -0.05) is 34.6 Å². The molecule has 8 heteroatoms. The van der Waals surface area contributed by atoms with Gasteiger partial charge in [-0.15, -0.1) is 0 Å². The summed E-state index contributed by atoms with van der Waals surface area (Å²) >= 11 is 0. The van der Waals surface area contributed by atoms with Gasteiger partial charge in [0.05, 0.1) is 36.6 Å². The van der Waals surface area contributed by atoms with Gasteiger partial charge in [-0.05, 0) is 124 Å². The van der Waals surface area contributed by atoms with Crippen molar-refractivity contribution in [3.8, 4) is 0 Å². The molecule has 0 amide bonds. The van der Waals surface area contributed by atoms with E-state index in [0.717, 1.165) is 32.2 Å². The first-order valence-electron chi connectivity index (χ1n) is 19.3. The highest BCUT2D eigenvalue weighted by molar-refractivity contribution is 5.33. The van der Waals surface area contributed by atoms with Crippen LogP contribution in [0.15, 0.2) is 0 Å². The highest BCUT2D eigenvalue weighted by Crippen LogP contribution is 2.89. The van der Waals surface area contributed by atoms with E-state index in [1.807, 2.05) is 27.7 Å². The molecule has 2 saturated heterocycles. The lowest BCUT2D eigenvalue weighted by Crippen LogP contribution is -2.60. The highest BCUT2D eigenvalue weighted by atomic mass is 19.1. The maximum Gasteiger partial charge on any atom is 0.170 e. The molecule has 0 aromatic carbocycles. The van der Waals surface area contributed by atoms with Gasteiger partial charge in [0.25, 0.3) is 0 Å². The minimum atomic E-state index is -1.02. The molecular formula is C39H66FNO6. The van der Waals surface area contributed by atoms with Crippen molar-refractivity contribution < 1.29 is 33.6 Å². The molecule has 2 aliphatic heterocycles. The van der Waals surface area contributed by atoms with E-state index >= 15 is 0 Å². The molecule has 0 aromatic rings. The number of aliphatic hydroxyl groups is 2. The van der Waals surface area contributed by atoms with Gasteiger partial charge in [0.15, 0.2) is 6.29 Å². The molecule has 5 saturated carbocycles. The van der Waals surface area contributed by atoms with Crippen molar-refractivity contribution in [3.05, 3.63) is 0 Å². The fourth-order valence-electron chi connectivity index (χ4n) is 14.1. The van der Waals surface area contributed by atoms with Crippen LogP contribution < -0.4 is 0 Å². The topological polar surface area (TPSA) is 80.6 Å². The zero-order chi connectivity index (χ0) is 33.9. The molecule has 0 bridgehead atoms. The van der Waals surface area contributed by atoms with Crippen LogP contribution in [0.1, 0.15) is 114 Å². The fourth-order valence-corrected chi connectivity index (χ4v) is 14.1. The number of ether oxygens (including phenoxy) is 4. The van der Waals surface area contributed by atoms with E-state index in [9.17, 15) is 14.6 Å². The van der Waals surface area contributed by atoms with Crippen molar-refractivity contribution in [3.63, 3.8) is 0 Å². The summed E-state index contributed by atoms with van der Waals surface area (Å²) in [7, 11) is 0. The van der Waals surface area contributed by atoms with E-state index in [1.165, 1.54) is 25.7 Å². The average Bonchev–Trinajstić information content (AvgIpc) is 3.65. The zero-order valence-electron chi connectivity index (χ0n) is 30.9. The maximum atomic E-state index is 13.5. The third-order valence-electron chi connectivity index (χ3n) is 16.4. The van der Waals surface area contributed by atoms with Crippen LogP contribution in [-0.2, 0) is 18.9 Å². The van der Waals surface area contributed by atoms with Gasteiger partial charge in [0.2, 0.25) is 0 Å². The Morgan fingerprint density at radius 2 is 1.74 bits per heavy atom. The van der Waals surface area contributed by atoms with Crippen LogP contribution in [0.3, 0.4) is 0 Å². The summed E-state index contributed by atoms with van der Waals surface area (Å²) in [6.07, 6.45) is 7.48. The second-order valence-corrected chi connectivity index (χ2v) is 19.0. The third kappa shape index (κ3) is 4.80. The Morgan fingerprint density at radius 3 is 2.43 bits per heavy atom. The molecule has 2 spiro atoms. The standard InChI is InChI=1S/C39H66FNO6/c1-10-44-33(35(6,7)43)25-19-23(2)30-31(46-25)32(42)37(9)27-12-11-26-34(4,5)28(47-29-21-41(17-18-45-29)24(3)20-40)13-14-38(26)22-39(27,38)16-15-36(30,37)8/h23-33,42-43H,10-22H2,1-9H3/t23-,24+,25-,26?,27+,28+,29+,30?,31+,32+,33+,36-,37-,38-,39+/m1/s1. The molecule has 15 atom stereocenters. The van der Waals surface area contributed by atoms with Gasteiger partial charge in [-0.25, -0.2) is 4.39 Å². The molecular weight excluding hydrogens is 597 g/mol. The first kappa shape index (κ1) is 35.1. The summed E-state index contributed by atoms with van der Waals surface area (Å²) in [6.45, 7) is 21.9. The number of morpholine rings is 1. The number of nitrogens with zero attached hydrogens (tertiary/aromatic N) is 1. The quantitative estimate of drug-likeness (QED) is 0.312. The number of fused-ring (bicyclic) bond motifs is 4. The largest absolute Gasteiger partial charge is 0.390 e. The molecule has 5 aliphatic carbocycles. The molecule has 7 nitrogen and oxygen atoms in total. The predicted octanol–water partition coefficient (Wildman–Crippen LogP) is 6.38. The smallest absolute Gasteiger partial charge is 0.170 e. The van der Waals surface area contributed by atoms with Crippen LogP contribution >= 0.6 is 0 Å². The Labute approximate surface area is 284 Å². The Bertz CT molecular complexity index is 1180. The van der Waals surface area contributed by atoms with Crippen molar-refractivity contribution >= 4 is 0 Å². The summed E-state index contributed by atoms with van der Waals surface area (Å²) in [4.78, 5) is 2.17. The van der Waals surface area contributed by atoms with Gasteiger partial charge in [0.1, 0.15) is 12.8 Å². The highest BCUT2D eigenvalue weighted by Gasteiger charge is 2.84. The zero-order valence-corrected chi connectivity index (χ0v) is 30.9. The van der Waals surface area contributed by atoms with Gasteiger partial charge < -0.3 is 29.2 Å². The Kier molecular flexibility index (Phi) is 8.64. The number of halogens is 1. The molecule has 2 heterocycles. The van der Waals surface area contributed by atoms with Crippen molar-refractivity contribution in [1.29, 1.82) is 0 Å². The summed E-state index contributed by atoms with van der Waals surface area (Å²) in [5.41, 5.74) is -0.637. The minimum Gasteiger partial charge on any atom is -0.390 e.